The Labute approximate surface area is 124 Å². The fraction of sp³-hybridized carbons (Fsp3) is 0.333. The van der Waals surface area contributed by atoms with Crippen molar-refractivity contribution in [2.45, 2.75) is 18.7 Å². The van der Waals surface area contributed by atoms with Crippen molar-refractivity contribution in [2.24, 2.45) is 0 Å². The molecule has 1 fully saturated rings. The number of halogens is 3. The number of para-hydroxylation sites is 1. The van der Waals surface area contributed by atoms with E-state index in [1.165, 1.54) is 0 Å². The lowest BCUT2D eigenvalue weighted by Crippen LogP contribution is -2.56. The average Bonchev–Trinajstić information content (AvgIpc) is 2.40. The lowest BCUT2D eigenvalue weighted by molar-refractivity contribution is -0.167. The third-order valence-electron chi connectivity index (χ3n) is 3.41. The van der Waals surface area contributed by atoms with Crippen molar-refractivity contribution in [2.75, 3.05) is 13.1 Å². The van der Waals surface area contributed by atoms with Gasteiger partial charge >= 0.3 is 6.18 Å². The Balaban J connectivity index is 1.56. The maximum atomic E-state index is 12.1. The van der Waals surface area contributed by atoms with Crippen LogP contribution in [-0.2, 0) is 4.79 Å². The lowest BCUT2D eigenvalue weighted by Gasteiger charge is -2.38. The number of ether oxygens (including phenoxy) is 1. The minimum absolute atomic E-state index is 0.156. The molecule has 2 heterocycles. The van der Waals surface area contributed by atoms with Crippen molar-refractivity contribution in [1.82, 2.24) is 9.88 Å². The first-order valence-electron chi connectivity index (χ1n) is 6.78. The molecular weight excluding hydrogens is 297 g/mol. The van der Waals surface area contributed by atoms with Gasteiger partial charge in [0.25, 0.3) is 0 Å². The van der Waals surface area contributed by atoms with E-state index in [-0.39, 0.29) is 19.2 Å². The van der Waals surface area contributed by atoms with E-state index in [4.69, 9.17) is 4.74 Å². The van der Waals surface area contributed by atoms with Gasteiger partial charge in [-0.15, -0.1) is 0 Å². The number of carbonyl (C=O) groups excluding carboxylic acids is 1. The molecule has 7 heteroatoms. The molecule has 1 aromatic carbocycles. The topological polar surface area (TPSA) is 42.4 Å². The van der Waals surface area contributed by atoms with Gasteiger partial charge in [-0.2, -0.15) is 13.2 Å². The molecule has 22 heavy (non-hydrogen) atoms. The molecule has 1 aliphatic rings. The molecule has 0 N–H and O–H groups in total. The van der Waals surface area contributed by atoms with Crippen molar-refractivity contribution >= 4 is 16.8 Å². The van der Waals surface area contributed by atoms with E-state index in [0.29, 0.717) is 5.88 Å². The van der Waals surface area contributed by atoms with E-state index in [1.807, 2.05) is 30.3 Å². The largest absolute Gasteiger partial charge is 0.471 e. The number of alkyl halides is 3. The molecule has 0 radical (unpaired) electrons. The molecule has 1 amide bonds. The number of benzene rings is 1. The van der Waals surface area contributed by atoms with Gasteiger partial charge < -0.3 is 9.64 Å². The van der Waals surface area contributed by atoms with Gasteiger partial charge in [0, 0.05) is 11.5 Å². The summed E-state index contributed by atoms with van der Waals surface area (Å²) in [6.07, 6.45) is -6.21. The van der Waals surface area contributed by atoms with Crippen molar-refractivity contribution in [3.05, 3.63) is 36.4 Å². The number of carbonyl (C=O) groups is 1. The Morgan fingerprint density at radius 2 is 1.95 bits per heavy atom. The molecule has 116 valence electrons. The molecule has 3 rings (SSSR count). The predicted octanol–water partition coefficient (Wildman–Crippen LogP) is 2.78. The standard InChI is InChI=1S/C15H13F3N2O2/c16-15(17,18)7-14(21)20-8-11(9-20)22-13-6-5-10-3-1-2-4-12(10)19-13/h1-6,11H,7-9H2. The van der Waals surface area contributed by atoms with E-state index in [0.717, 1.165) is 15.8 Å². The van der Waals surface area contributed by atoms with Gasteiger partial charge in [-0.25, -0.2) is 4.98 Å². The molecule has 1 aliphatic heterocycles. The summed E-state index contributed by atoms with van der Waals surface area (Å²) in [6, 6.07) is 11.1. The van der Waals surface area contributed by atoms with Crippen LogP contribution in [0.3, 0.4) is 0 Å². The normalized spacial score (nSPS) is 15.7. The van der Waals surface area contributed by atoms with Gasteiger partial charge in [0.1, 0.15) is 12.5 Å². The SMILES string of the molecule is O=C(CC(F)(F)F)N1CC(Oc2ccc3ccccc3n2)C1. The Morgan fingerprint density at radius 1 is 1.23 bits per heavy atom. The fourth-order valence-electron chi connectivity index (χ4n) is 2.28. The van der Waals surface area contributed by atoms with Crippen molar-refractivity contribution in [1.29, 1.82) is 0 Å². The third-order valence-corrected chi connectivity index (χ3v) is 3.41. The number of amides is 1. The average molecular weight is 310 g/mol. The van der Waals surface area contributed by atoms with Gasteiger partial charge in [-0.05, 0) is 12.1 Å². The summed E-state index contributed by atoms with van der Waals surface area (Å²) in [5.74, 6) is -0.509. The zero-order chi connectivity index (χ0) is 15.7. The molecule has 1 saturated heterocycles. The first kappa shape index (κ1) is 14.6. The molecule has 0 aliphatic carbocycles. The van der Waals surface area contributed by atoms with Crippen LogP contribution in [-0.4, -0.2) is 41.2 Å². The number of pyridine rings is 1. The Morgan fingerprint density at radius 3 is 2.68 bits per heavy atom. The minimum Gasteiger partial charge on any atom is -0.471 e. The Hall–Kier alpha value is -2.31. The second-order valence-corrected chi connectivity index (χ2v) is 5.17. The van der Waals surface area contributed by atoms with Gasteiger partial charge in [-0.3, -0.25) is 4.79 Å². The second kappa shape index (κ2) is 5.47. The molecule has 0 atom stereocenters. The summed E-state index contributed by atoms with van der Waals surface area (Å²) in [5, 5.41) is 0.977. The van der Waals surface area contributed by atoms with Crippen LogP contribution in [0.1, 0.15) is 6.42 Å². The second-order valence-electron chi connectivity index (χ2n) is 5.17. The van der Waals surface area contributed by atoms with Gasteiger partial charge in [-0.1, -0.05) is 18.2 Å². The predicted molar refractivity (Wildman–Crippen MR) is 73.4 cm³/mol. The van der Waals surface area contributed by atoms with E-state index in [2.05, 4.69) is 4.98 Å². The fourth-order valence-corrected chi connectivity index (χ4v) is 2.28. The monoisotopic (exact) mass is 310 g/mol. The molecule has 0 spiro atoms. The Bertz CT molecular complexity index is 696. The Kier molecular flexibility index (Phi) is 3.64. The summed E-state index contributed by atoms with van der Waals surface area (Å²) >= 11 is 0. The zero-order valence-electron chi connectivity index (χ0n) is 11.5. The van der Waals surface area contributed by atoms with E-state index in [9.17, 15) is 18.0 Å². The van der Waals surface area contributed by atoms with Crippen LogP contribution in [0, 0.1) is 0 Å². The molecule has 1 aromatic heterocycles. The quantitative estimate of drug-likeness (QED) is 0.875. The third kappa shape index (κ3) is 3.29. The van der Waals surface area contributed by atoms with E-state index >= 15 is 0 Å². The number of hydrogen-bond acceptors (Lipinski definition) is 3. The highest BCUT2D eigenvalue weighted by Crippen LogP contribution is 2.24. The highest BCUT2D eigenvalue weighted by Gasteiger charge is 2.39. The van der Waals surface area contributed by atoms with Gasteiger partial charge in [0.2, 0.25) is 11.8 Å². The summed E-state index contributed by atoms with van der Waals surface area (Å²) in [6.45, 7) is 0.312. The van der Waals surface area contributed by atoms with Crippen LogP contribution in [0.15, 0.2) is 36.4 Å². The number of rotatable bonds is 3. The summed E-state index contributed by atoms with van der Waals surface area (Å²) in [7, 11) is 0. The van der Waals surface area contributed by atoms with Crippen LogP contribution in [0.5, 0.6) is 5.88 Å². The smallest absolute Gasteiger partial charge is 0.397 e. The van der Waals surface area contributed by atoms with Crippen LogP contribution in [0.4, 0.5) is 13.2 Å². The molecule has 0 bridgehead atoms. The van der Waals surface area contributed by atoms with Crippen LogP contribution in [0.25, 0.3) is 10.9 Å². The molecule has 0 saturated carbocycles. The number of likely N-dealkylation sites (tertiary alicyclic amines) is 1. The zero-order valence-corrected chi connectivity index (χ0v) is 11.5. The molecular formula is C15H13F3N2O2. The highest BCUT2D eigenvalue weighted by atomic mass is 19.4. The van der Waals surface area contributed by atoms with Crippen molar-refractivity contribution in [3.63, 3.8) is 0 Å². The van der Waals surface area contributed by atoms with Gasteiger partial charge in [0.05, 0.1) is 18.6 Å². The van der Waals surface area contributed by atoms with Gasteiger partial charge in [0.15, 0.2) is 0 Å². The number of aromatic nitrogens is 1. The molecule has 0 unspecified atom stereocenters. The number of fused-ring (bicyclic) bond motifs is 1. The first-order chi connectivity index (χ1) is 10.4. The summed E-state index contributed by atoms with van der Waals surface area (Å²) < 4.78 is 42.0. The maximum Gasteiger partial charge on any atom is 0.397 e. The van der Waals surface area contributed by atoms with Crippen LogP contribution >= 0.6 is 0 Å². The lowest BCUT2D eigenvalue weighted by atomic mass is 10.1. The maximum absolute atomic E-state index is 12.1. The first-order valence-corrected chi connectivity index (χ1v) is 6.78. The highest BCUT2D eigenvalue weighted by molar-refractivity contribution is 5.79. The van der Waals surface area contributed by atoms with E-state index < -0.39 is 18.5 Å². The number of nitrogens with zero attached hydrogens (tertiary/aromatic N) is 2. The van der Waals surface area contributed by atoms with Crippen LogP contribution < -0.4 is 4.74 Å². The van der Waals surface area contributed by atoms with Crippen molar-refractivity contribution in [3.8, 4) is 5.88 Å². The minimum atomic E-state index is -4.47. The molecule has 4 nitrogen and oxygen atoms in total. The van der Waals surface area contributed by atoms with Crippen molar-refractivity contribution < 1.29 is 22.7 Å². The van der Waals surface area contributed by atoms with E-state index in [1.54, 1.807) is 6.07 Å². The number of hydrogen-bond donors (Lipinski definition) is 0. The summed E-state index contributed by atoms with van der Waals surface area (Å²) in [5.41, 5.74) is 0.782. The summed E-state index contributed by atoms with van der Waals surface area (Å²) in [4.78, 5) is 16.8. The molecule has 2 aromatic rings. The van der Waals surface area contributed by atoms with Crippen LogP contribution in [0.2, 0.25) is 0 Å².